The van der Waals surface area contributed by atoms with E-state index in [0.717, 1.165) is 5.56 Å². The van der Waals surface area contributed by atoms with Gasteiger partial charge in [-0.3, -0.25) is 14.5 Å². The summed E-state index contributed by atoms with van der Waals surface area (Å²) in [6, 6.07) is 9.13. The van der Waals surface area contributed by atoms with Gasteiger partial charge >= 0.3 is 18.4 Å². The molecule has 0 aliphatic carbocycles. The molecule has 0 aromatic heterocycles. The molecule has 0 saturated carbocycles. The molecule has 2 aliphatic heterocycles. The maximum Gasteiger partial charge on any atom is 0.416 e. The fourth-order valence-corrected chi connectivity index (χ4v) is 5.03. The van der Waals surface area contributed by atoms with E-state index in [4.69, 9.17) is 4.74 Å². The summed E-state index contributed by atoms with van der Waals surface area (Å²) < 4.78 is 84.6. The largest absolute Gasteiger partial charge is 0.444 e. The monoisotopic (exact) mass is 571 g/mol. The molecule has 40 heavy (non-hydrogen) atoms. The van der Waals surface area contributed by atoms with Crippen molar-refractivity contribution in [3.63, 3.8) is 0 Å². The van der Waals surface area contributed by atoms with E-state index in [-0.39, 0.29) is 37.5 Å². The number of ether oxygens (including phenoxy) is 1. The lowest BCUT2D eigenvalue weighted by molar-refractivity contribution is -0.172. The first-order chi connectivity index (χ1) is 18.7. The van der Waals surface area contributed by atoms with E-state index in [1.807, 2.05) is 18.2 Å². The van der Waals surface area contributed by atoms with Crippen LogP contribution in [0.15, 0.2) is 48.5 Å². The molecule has 2 aromatic carbocycles. The molecular formula is C27H27F6N3O4. The van der Waals surface area contributed by atoms with Crippen LogP contribution in [0.2, 0.25) is 0 Å². The van der Waals surface area contributed by atoms with Gasteiger partial charge in [0.15, 0.2) is 0 Å². The summed E-state index contributed by atoms with van der Waals surface area (Å²) in [5.74, 6) is -1.29. The highest BCUT2D eigenvalue weighted by molar-refractivity contribution is 5.91. The van der Waals surface area contributed by atoms with Crippen LogP contribution in [0.3, 0.4) is 0 Å². The second-order valence-electron chi connectivity index (χ2n) is 9.83. The SMILES string of the molecule is CC[C@@H]1CN(C(=O)OCc2cc(C(F)(F)F)cc(C(F)(F)F)c2)[C@H]2CN(Cc3ccccc3)C(=O)[C@H](C)N2C1=O. The molecule has 2 aromatic rings. The number of alkyl halides is 6. The molecule has 216 valence electrons. The fraction of sp³-hybridized carbons (Fsp3) is 0.444. The van der Waals surface area contributed by atoms with Crippen LogP contribution in [-0.4, -0.2) is 57.9 Å². The predicted molar refractivity (Wildman–Crippen MR) is 129 cm³/mol. The van der Waals surface area contributed by atoms with Gasteiger partial charge in [-0.25, -0.2) is 4.79 Å². The first-order valence-corrected chi connectivity index (χ1v) is 12.6. The molecule has 2 aliphatic rings. The van der Waals surface area contributed by atoms with E-state index in [2.05, 4.69) is 0 Å². The van der Waals surface area contributed by atoms with Crippen molar-refractivity contribution in [2.75, 3.05) is 13.1 Å². The van der Waals surface area contributed by atoms with E-state index in [9.17, 15) is 40.7 Å². The van der Waals surface area contributed by atoms with Crippen LogP contribution in [0.1, 0.15) is 42.5 Å². The second-order valence-corrected chi connectivity index (χ2v) is 9.83. The average Bonchev–Trinajstić information content (AvgIpc) is 2.89. The van der Waals surface area contributed by atoms with Crippen molar-refractivity contribution in [2.45, 2.75) is 58.0 Å². The van der Waals surface area contributed by atoms with Crippen LogP contribution in [0.25, 0.3) is 0 Å². The maximum atomic E-state index is 13.2. The third-order valence-corrected chi connectivity index (χ3v) is 7.13. The van der Waals surface area contributed by atoms with E-state index in [1.54, 1.807) is 26.0 Å². The van der Waals surface area contributed by atoms with Gasteiger partial charge in [0, 0.05) is 13.1 Å². The third-order valence-electron chi connectivity index (χ3n) is 7.13. The number of hydrogen-bond acceptors (Lipinski definition) is 4. The van der Waals surface area contributed by atoms with Gasteiger partial charge in [0.2, 0.25) is 11.8 Å². The minimum absolute atomic E-state index is 0.00690. The molecule has 3 amide bonds. The summed E-state index contributed by atoms with van der Waals surface area (Å²) in [6.45, 7) is 2.51. The molecule has 0 bridgehead atoms. The van der Waals surface area contributed by atoms with Gasteiger partial charge in [-0.15, -0.1) is 0 Å². The summed E-state index contributed by atoms with van der Waals surface area (Å²) >= 11 is 0. The molecule has 2 fully saturated rings. The number of carbonyl (C=O) groups is 3. The number of nitrogens with zero attached hydrogens (tertiary/aromatic N) is 3. The summed E-state index contributed by atoms with van der Waals surface area (Å²) in [4.78, 5) is 43.6. The first-order valence-electron chi connectivity index (χ1n) is 12.6. The van der Waals surface area contributed by atoms with E-state index < -0.39 is 59.9 Å². The highest BCUT2D eigenvalue weighted by Crippen LogP contribution is 2.37. The van der Waals surface area contributed by atoms with E-state index in [0.29, 0.717) is 18.6 Å². The maximum absolute atomic E-state index is 13.2. The molecule has 0 unspecified atom stereocenters. The zero-order chi connectivity index (χ0) is 29.4. The second kappa shape index (κ2) is 11.0. The Hall–Kier alpha value is -3.77. The molecule has 4 rings (SSSR count). The molecule has 0 spiro atoms. The number of benzene rings is 2. The number of carbonyl (C=O) groups excluding carboxylic acids is 3. The topological polar surface area (TPSA) is 70.2 Å². The van der Waals surface area contributed by atoms with E-state index in [1.165, 1.54) is 14.7 Å². The van der Waals surface area contributed by atoms with Crippen LogP contribution >= 0.6 is 0 Å². The number of amides is 3. The number of rotatable bonds is 5. The van der Waals surface area contributed by atoms with Gasteiger partial charge < -0.3 is 14.5 Å². The number of halogens is 6. The van der Waals surface area contributed by atoms with Crippen molar-refractivity contribution in [2.24, 2.45) is 5.92 Å². The summed E-state index contributed by atoms with van der Waals surface area (Å²) in [5, 5.41) is 0. The minimum Gasteiger partial charge on any atom is -0.444 e. The molecule has 7 nitrogen and oxygen atoms in total. The summed E-state index contributed by atoms with van der Waals surface area (Å²) in [5.41, 5.74) is -2.72. The highest BCUT2D eigenvalue weighted by atomic mass is 19.4. The Labute approximate surface area is 226 Å². The third kappa shape index (κ3) is 6.02. The number of piperazine rings is 1. The van der Waals surface area contributed by atoms with Crippen LogP contribution in [0.5, 0.6) is 0 Å². The van der Waals surface area contributed by atoms with Crippen LogP contribution in [0, 0.1) is 5.92 Å². The van der Waals surface area contributed by atoms with Gasteiger partial charge in [-0.05, 0) is 42.7 Å². The first kappa shape index (κ1) is 29.2. The normalized spacial score (nSPS) is 21.9. The standard InChI is InChI=1S/C27H27F6N3O4/c1-3-19-13-35(25(39)40-15-18-9-20(26(28,29)30)11-21(10-18)27(31,32)33)22-14-34(12-17-7-5-4-6-8-17)23(37)16(2)36(22)24(19)38/h4-11,16,19,22H,3,12-15H2,1-2H3/t16-,19+,22+/m0/s1. The van der Waals surface area contributed by atoms with Gasteiger partial charge in [-0.1, -0.05) is 37.3 Å². The average molecular weight is 572 g/mol. The Morgan fingerprint density at radius 2 is 1.50 bits per heavy atom. The van der Waals surface area contributed by atoms with E-state index >= 15 is 0 Å². The summed E-state index contributed by atoms with van der Waals surface area (Å²) in [7, 11) is 0. The van der Waals surface area contributed by atoms with Crippen molar-refractivity contribution in [1.82, 2.24) is 14.7 Å². The van der Waals surface area contributed by atoms with Crippen LogP contribution < -0.4 is 0 Å². The van der Waals surface area contributed by atoms with Gasteiger partial charge in [0.1, 0.15) is 18.8 Å². The number of fused-ring (bicyclic) bond motifs is 1. The number of hydrogen-bond donors (Lipinski definition) is 0. The zero-order valence-electron chi connectivity index (χ0n) is 21.6. The molecule has 3 atom stereocenters. The Kier molecular flexibility index (Phi) is 8.04. The predicted octanol–water partition coefficient (Wildman–Crippen LogP) is 5.29. The lowest BCUT2D eigenvalue weighted by Crippen LogP contribution is -2.72. The highest BCUT2D eigenvalue weighted by Gasteiger charge is 2.50. The van der Waals surface area contributed by atoms with Crippen molar-refractivity contribution >= 4 is 17.9 Å². The minimum atomic E-state index is -5.05. The van der Waals surface area contributed by atoms with Crippen molar-refractivity contribution in [3.8, 4) is 0 Å². The van der Waals surface area contributed by atoms with Crippen LogP contribution in [-0.2, 0) is 39.8 Å². The van der Waals surface area contributed by atoms with Gasteiger partial charge in [0.25, 0.3) is 0 Å². The molecule has 2 saturated heterocycles. The van der Waals surface area contributed by atoms with Crippen molar-refractivity contribution in [1.29, 1.82) is 0 Å². The molecule has 0 N–H and O–H groups in total. The molecule has 13 heteroatoms. The quantitative estimate of drug-likeness (QED) is 0.458. The Morgan fingerprint density at radius 1 is 0.900 bits per heavy atom. The molecular weight excluding hydrogens is 544 g/mol. The van der Waals surface area contributed by atoms with Gasteiger partial charge in [-0.2, -0.15) is 26.3 Å². The zero-order valence-corrected chi connectivity index (χ0v) is 21.6. The van der Waals surface area contributed by atoms with Crippen molar-refractivity contribution < 1.29 is 45.5 Å². The summed E-state index contributed by atoms with van der Waals surface area (Å²) in [6.07, 6.45) is -11.7. The Balaban J connectivity index is 1.58. The molecule has 0 radical (unpaired) electrons. The lowest BCUT2D eigenvalue weighted by Gasteiger charge is -2.52. The van der Waals surface area contributed by atoms with Crippen molar-refractivity contribution in [3.05, 3.63) is 70.8 Å². The fourth-order valence-electron chi connectivity index (χ4n) is 5.03. The Morgan fingerprint density at radius 3 is 2.05 bits per heavy atom. The smallest absolute Gasteiger partial charge is 0.416 e. The van der Waals surface area contributed by atoms with Gasteiger partial charge in [0.05, 0.1) is 23.6 Å². The molecule has 2 heterocycles. The Bertz CT molecular complexity index is 1230. The lowest BCUT2D eigenvalue weighted by atomic mass is 9.96. The van der Waals surface area contributed by atoms with Crippen LogP contribution in [0.4, 0.5) is 31.1 Å².